The standard InChI is InChI=1S/C44H25N3OS.C44H27N3O.C41H29N3/c1-2-11-26(12-3-1)41-33-15-4-7-18-35(33)45-44(46-41)47-36-24-23-31-29-13-5-8-19-38(29)48-42(31)40(36)34-22-21-27(25-37(34)47)28-16-10-17-32-30-14-6-9-20-39(30)49-43(28)32;1-3-11-28(12-4-1)29-19-21-30(22-20-29)32-23-24-36-39(27-32)47(38-26-25-34-33-15-8-10-18-40(33)48-43(34)41(36)38)44-45-37-17-9-7-16-35(37)42(46-44)31-13-5-2-6-14-31;1-41(2)34-19-11-9-17-29(34)32-25-38-33(24-35(32)41)30-22-21-28(26-13-5-3-6-14-26)23-37(30)44(38)40-42-36-20-12-10-18-31(36)39(43-40)27-15-7-4-8-16-27/h1-25H;1-27H;3-25H,1-2H3. The van der Waals surface area contributed by atoms with Crippen molar-refractivity contribution in [2.24, 2.45) is 0 Å². The lowest BCUT2D eigenvalue weighted by Gasteiger charge is -2.21. The number of hydrogen-bond donors (Lipinski definition) is 0. The summed E-state index contributed by atoms with van der Waals surface area (Å²) in [5.41, 5.74) is 33.1. The molecule has 0 saturated carbocycles. The first-order chi connectivity index (χ1) is 69.7. The van der Waals surface area contributed by atoms with Crippen LogP contribution in [0.15, 0.2) is 464 Å². The molecule has 141 heavy (non-hydrogen) atoms. The van der Waals surface area contributed by atoms with Crippen LogP contribution in [0.2, 0.25) is 0 Å². The second-order valence-corrected chi connectivity index (χ2v) is 38.1. The molecule has 29 aromatic rings. The number of aromatic nitrogens is 9. The number of para-hydroxylation sites is 5. The fourth-order valence-corrected chi connectivity index (χ4v) is 23.2. The molecule has 9 heterocycles. The van der Waals surface area contributed by atoms with E-state index in [9.17, 15) is 0 Å². The zero-order chi connectivity index (χ0) is 93.1. The molecule has 0 N–H and O–H groups in total. The molecule has 0 bridgehead atoms. The zero-order valence-electron chi connectivity index (χ0n) is 76.6. The molecular weight excluding hydrogens is 1740 g/mol. The Morgan fingerprint density at radius 2 is 0.560 bits per heavy atom. The lowest BCUT2D eigenvalue weighted by molar-refractivity contribution is 0.661. The maximum Gasteiger partial charge on any atom is 0.235 e. The molecule has 0 radical (unpaired) electrons. The first-order valence-corrected chi connectivity index (χ1v) is 48.6. The third-order valence-electron chi connectivity index (χ3n) is 28.7. The van der Waals surface area contributed by atoms with E-state index in [2.05, 4.69) is 416 Å². The van der Waals surface area contributed by atoms with E-state index in [1.165, 1.54) is 81.0 Å². The molecule has 660 valence electrons. The van der Waals surface area contributed by atoms with Gasteiger partial charge in [0.15, 0.2) is 0 Å². The van der Waals surface area contributed by atoms with Crippen molar-refractivity contribution in [3.63, 3.8) is 0 Å². The number of fused-ring (bicyclic) bond motifs is 26. The summed E-state index contributed by atoms with van der Waals surface area (Å²) in [5, 5.41) is 16.8. The third kappa shape index (κ3) is 13.2. The molecule has 0 atom stereocenters. The molecule has 11 nitrogen and oxygen atoms in total. The van der Waals surface area contributed by atoms with E-state index < -0.39 is 0 Å². The second kappa shape index (κ2) is 32.4. The summed E-state index contributed by atoms with van der Waals surface area (Å²) in [6.07, 6.45) is 0. The minimum atomic E-state index is -0.0849. The number of nitrogens with zero attached hydrogens (tertiary/aromatic N) is 9. The molecule has 1 aliphatic rings. The quantitative estimate of drug-likeness (QED) is 0.133. The molecule has 20 aromatic carbocycles. The highest BCUT2D eigenvalue weighted by Gasteiger charge is 2.37. The first kappa shape index (κ1) is 81.0. The van der Waals surface area contributed by atoms with Crippen molar-refractivity contribution < 1.29 is 8.83 Å². The molecule has 0 unspecified atom stereocenters. The van der Waals surface area contributed by atoms with Crippen LogP contribution >= 0.6 is 11.3 Å². The third-order valence-corrected chi connectivity index (χ3v) is 29.9. The van der Waals surface area contributed by atoms with Gasteiger partial charge in [-0.15, -0.1) is 11.3 Å². The Hall–Kier alpha value is -18.4. The van der Waals surface area contributed by atoms with Crippen LogP contribution in [-0.4, -0.2) is 43.6 Å². The maximum atomic E-state index is 6.64. The normalized spacial score (nSPS) is 12.4. The van der Waals surface area contributed by atoms with E-state index in [1.807, 2.05) is 78.1 Å². The topological polar surface area (TPSA) is 118 Å². The van der Waals surface area contributed by atoms with Gasteiger partial charge < -0.3 is 8.83 Å². The summed E-state index contributed by atoms with van der Waals surface area (Å²) in [4.78, 5) is 31.6. The van der Waals surface area contributed by atoms with Gasteiger partial charge in [0, 0.05) is 102 Å². The van der Waals surface area contributed by atoms with E-state index >= 15 is 0 Å². The number of furan rings is 2. The van der Waals surface area contributed by atoms with Gasteiger partial charge in [-0.2, -0.15) is 0 Å². The van der Waals surface area contributed by atoms with E-state index in [4.69, 9.17) is 38.7 Å². The molecule has 9 aromatic heterocycles. The van der Waals surface area contributed by atoms with E-state index in [0.717, 1.165) is 182 Å². The predicted molar refractivity (Wildman–Crippen MR) is 585 cm³/mol. The summed E-state index contributed by atoms with van der Waals surface area (Å²) in [5.74, 6) is 1.93. The summed E-state index contributed by atoms with van der Waals surface area (Å²) < 4.78 is 22.5. The van der Waals surface area contributed by atoms with Crippen LogP contribution < -0.4 is 0 Å². The zero-order valence-corrected chi connectivity index (χ0v) is 77.4. The second-order valence-electron chi connectivity index (χ2n) is 37.0. The molecule has 0 amide bonds. The van der Waals surface area contributed by atoms with Gasteiger partial charge in [-0.3, -0.25) is 13.7 Å². The van der Waals surface area contributed by atoms with E-state index in [-0.39, 0.29) is 5.41 Å². The average molecular weight is 1820 g/mol. The van der Waals surface area contributed by atoms with Crippen LogP contribution in [0, 0.1) is 0 Å². The highest BCUT2D eigenvalue weighted by atomic mass is 32.1. The largest absolute Gasteiger partial charge is 0.455 e. The lowest BCUT2D eigenvalue weighted by atomic mass is 9.82. The Labute approximate surface area is 812 Å². The summed E-state index contributed by atoms with van der Waals surface area (Å²) in [6.45, 7) is 4.68. The van der Waals surface area contributed by atoms with Crippen LogP contribution in [0.3, 0.4) is 0 Å². The Bertz CT molecular complexity index is 10200. The molecule has 30 rings (SSSR count). The van der Waals surface area contributed by atoms with E-state index in [0.29, 0.717) is 17.8 Å². The average Bonchev–Trinajstić information content (AvgIpc) is 1.58. The monoisotopic (exact) mass is 1820 g/mol. The molecule has 1 aliphatic carbocycles. The minimum Gasteiger partial charge on any atom is -0.455 e. The first-order valence-electron chi connectivity index (χ1n) is 47.8. The summed E-state index contributed by atoms with van der Waals surface area (Å²) in [6, 6.07) is 160. The van der Waals surface area contributed by atoms with Gasteiger partial charge in [0.1, 0.15) is 22.3 Å². The molecule has 0 fully saturated rings. The van der Waals surface area contributed by atoms with Crippen LogP contribution in [-0.2, 0) is 5.41 Å². The van der Waals surface area contributed by atoms with Crippen LogP contribution in [0.1, 0.15) is 25.0 Å². The van der Waals surface area contributed by atoms with Crippen molar-refractivity contribution in [1.82, 2.24) is 43.6 Å². The fourth-order valence-electron chi connectivity index (χ4n) is 22.0. The van der Waals surface area contributed by atoms with Crippen molar-refractivity contribution in [1.29, 1.82) is 0 Å². The van der Waals surface area contributed by atoms with Crippen molar-refractivity contribution in [2.45, 2.75) is 19.3 Å². The van der Waals surface area contributed by atoms with Crippen LogP contribution in [0.25, 0.3) is 269 Å². The SMILES string of the molecule is CC1(C)c2ccccc2-c2cc3c(cc21)c1ccc(-c2ccccc2)cc1n3-c1nc(-c2ccccc2)c2ccccc2n1.c1ccc(-c2ccc(-c3ccc4c5c6oc7ccccc7c6ccc5n(-c5nc(-c6ccccc6)c6ccccc6n5)c4c3)cc2)cc1.c1ccc(-c2nc(-n3c4cc(-c5cccc6c5sc5ccccc56)ccc4c4c5oc6ccccc6c5ccc43)nc3ccccc23)cc1. The van der Waals surface area contributed by atoms with Gasteiger partial charge in [-0.05, 0) is 158 Å². The van der Waals surface area contributed by atoms with Crippen molar-refractivity contribution in [2.75, 3.05) is 0 Å². The Morgan fingerprint density at radius 3 is 1.06 bits per heavy atom. The fraction of sp³-hybridized carbons (Fsp3) is 0.0233. The van der Waals surface area contributed by atoms with Crippen LogP contribution in [0.5, 0.6) is 0 Å². The minimum absolute atomic E-state index is 0.0849. The number of benzene rings is 20. The maximum absolute atomic E-state index is 6.64. The Kier molecular flexibility index (Phi) is 18.6. The van der Waals surface area contributed by atoms with Crippen molar-refractivity contribution in [3.8, 4) is 107 Å². The van der Waals surface area contributed by atoms with Gasteiger partial charge in [0.25, 0.3) is 0 Å². The van der Waals surface area contributed by atoms with Crippen LogP contribution in [0.4, 0.5) is 0 Å². The van der Waals surface area contributed by atoms with Gasteiger partial charge in [-0.25, -0.2) is 29.9 Å². The molecule has 12 heteroatoms. The van der Waals surface area contributed by atoms with Crippen molar-refractivity contribution >= 4 is 174 Å². The number of hydrogen-bond acceptors (Lipinski definition) is 9. The smallest absolute Gasteiger partial charge is 0.235 e. The predicted octanol–water partition coefficient (Wildman–Crippen LogP) is 34.3. The lowest BCUT2D eigenvalue weighted by Crippen LogP contribution is -2.14. The number of rotatable bonds is 10. The molecule has 0 aliphatic heterocycles. The molecule has 0 saturated heterocycles. The number of thiophene rings is 1. The molecular formula is C129H81N9O2S. The van der Waals surface area contributed by atoms with E-state index in [1.54, 1.807) is 0 Å². The van der Waals surface area contributed by atoms with Gasteiger partial charge >= 0.3 is 0 Å². The van der Waals surface area contributed by atoms with Gasteiger partial charge in [-0.1, -0.05) is 378 Å². The summed E-state index contributed by atoms with van der Waals surface area (Å²) >= 11 is 1.85. The highest BCUT2D eigenvalue weighted by molar-refractivity contribution is 7.26. The Morgan fingerprint density at radius 1 is 0.213 bits per heavy atom. The van der Waals surface area contributed by atoms with Gasteiger partial charge in [0.2, 0.25) is 17.8 Å². The molecule has 0 spiro atoms. The van der Waals surface area contributed by atoms with Crippen molar-refractivity contribution in [3.05, 3.63) is 466 Å². The summed E-state index contributed by atoms with van der Waals surface area (Å²) in [7, 11) is 0. The highest BCUT2D eigenvalue weighted by Crippen LogP contribution is 2.53. The van der Waals surface area contributed by atoms with Gasteiger partial charge in [0.05, 0.1) is 77.5 Å². The Balaban J connectivity index is 0.000000104.